The van der Waals surface area contributed by atoms with Gasteiger partial charge in [0, 0.05) is 5.56 Å². The SMILES string of the molecule is C=C(C)CCOCC(=O)c1ccc(Cl)c(Cl)c1. The van der Waals surface area contributed by atoms with Gasteiger partial charge >= 0.3 is 0 Å². The number of hydrogen-bond acceptors (Lipinski definition) is 2. The van der Waals surface area contributed by atoms with Crippen LogP contribution in [0.2, 0.25) is 10.0 Å². The van der Waals surface area contributed by atoms with Gasteiger partial charge in [0.1, 0.15) is 6.61 Å². The van der Waals surface area contributed by atoms with Crippen molar-refractivity contribution in [3.63, 3.8) is 0 Å². The molecule has 0 amide bonds. The lowest BCUT2D eigenvalue weighted by Gasteiger charge is -2.04. The van der Waals surface area contributed by atoms with Gasteiger partial charge in [0.2, 0.25) is 0 Å². The van der Waals surface area contributed by atoms with Crippen molar-refractivity contribution in [2.45, 2.75) is 13.3 Å². The summed E-state index contributed by atoms with van der Waals surface area (Å²) in [7, 11) is 0. The predicted octanol–water partition coefficient (Wildman–Crippen LogP) is 4.16. The van der Waals surface area contributed by atoms with Crippen LogP contribution in [0.4, 0.5) is 0 Å². The molecule has 0 bridgehead atoms. The van der Waals surface area contributed by atoms with Gasteiger partial charge < -0.3 is 4.74 Å². The minimum Gasteiger partial charge on any atom is -0.373 e. The Morgan fingerprint density at radius 3 is 2.65 bits per heavy atom. The van der Waals surface area contributed by atoms with E-state index in [1.807, 2.05) is 6.92 Å². The Hall–Kier alpha value is -0.830. The minimum atomic E-state index is -0.106. The van der Waals surface area contributed by atoms with Gasteiger partial charge in [-0.25, -0.2) is 0 Å². The number of hydrogen-bond donors (Lipinski definition) is 0. The fraction of sp³-hybridized carbons (Fsp3) is 0.308. The summed E-state index contributed by atoms with van der Waals surface area (Å²) in [4.78, 5) is 11.7. The number of rotatable bonds is 6. The standard InChI is InChI=1S/C13H14Cl2O2/c1-9(2)5-6-17-8-13(16)10-3-4-11(14)12(15)7-10/h3-4,7H,1,5-6,8H2,2H3. The highest BCUT2D eigenvalue weighted by Crippen LogP contribution is 2.22. The van der Waals surface area contributed by atoms with E-state index in [-0.39, 0.29) is 12.4 Å². The summed E-state index contributed by atoms with van der Waals surface area (Å²) < 4.78 is 5.24. The number of benzene rings is 1. The van der Waals surface area contributed by atoms with Gasteiger partial charge in [-0.1, -0.05) is 28.8 Å². The fourth-order valence-corrected chi connectivity index (χ4v) is 1.46. The van der Waals surface area contributed by atoms with Crippen LogP contribution in [-0.4, -0.2) is 19.0 Å². The molecule has 2 nitrogen and oxygen atoms in total. The summed E-state index contributed by atoms with van der Waals surface area (Å²) >= 11 is 11.6. The molecule has 1 rings (SSSR count). The van der Waals surface area contributed by atoms with Gasteiger partial charge in [-0.05, 0) is 31.5 Å². The lowest BCUT2D eigenvalue weighted by Crippen LogP contribution is -2.10. The first kappa shape index (κ1) is 14.2. The summed E-state index contributed by atoms with van der Waals surface area (Å²) in [5.41, 5.74) is 1.54. The highest BCUT2D eigenvalue weighted by atomic mass is 35.5. The second kappa shape index (κ2) is 6.80. The largest absolute Gasteiger partial charge is 0.373 e. The molecule has 4 heteroatoms. The number of ether oxygens (including phenoxy) is 1. The molecule has 0 spiro atoms. The fourth-order valence-electron chi connectivity index (χ4n) is 1.16. The van der Waals surface area contributed by atoms with Crippen LogP contribution in [-0.2, 0) is 4.74 Å². The van der Waals surface area contributed by atoms with E-state index >= 15 is 0 Å². The van der Waals surface area contributed by atoms with Crippen LogP contribution in [0.1, 0.15) is 23.7 Å². The highest BCUT2D eigenvalue weighted by Gasteiger charge is 2.08. The maximum Gasteiger partial charge on any atom is 0.188 e. The Kier molecular flexibility index (Phi) is 5.69. The minimum absolute atomic E-state index is 0.0469. The predicted molar refractivity (Wildman–Crippen MR) is 71.0 cm³/mol. The van der Waals surface area contributed by atoms with E-state index in [4.69, 9.17) is 27.9 Å². The van der Waals surface area contributed by atoms with Crippen LogP contribution >= 0.6 is 23.2 Å². The average Bonchev–Trinajstić information content (AvgIpc) is 2.27. The van der Waals surface area contributed by atoms with Crippen molar-refractivity contribution < 1.29 is 9.53 Å². The Morgan fingerprint density at radius 2 is 2.06 bits per heavy atom. The molecule has 0 unspecified atom stereocenters. The van der Waals surface area contributed by atoms with Crippen LogP contribution in [0.5, 0.6) is 0 Å². The number of halogens is 2. The second-order valence-corrected chi connectivity index (χ2v) is 4.63. The third-order valence-corrected chi connectivity index (χ3v) is 2.89. The van der Waals surface area contributed by atoms with Crippen molar-refractivity contribution in [2.75, 3.05) is 13.2 Å². The summed E-state index contributed by atoms with van der Waals surface area (Å²) in [6.45, 7) is 6.22. The third kappa shape index (κ3) is 4.90. The molecule has 0 radical (unpaired) electrons. The number of carbonyl (C=O) groups excluding carboxylic acids is 1. The first-order chi connectivity index (χ1) is 8.00. The molecule has 1 aromatic carbocycles. The number of ketones is 1. The maximum atomic E-state index is 11.7. The lowest BCUT2D eigenvalue weighted by atomic mass is 10.1. The summed E-state index contributed by atoms with van der Waals surface area (Å²) in [6, 6.07) is 4.79. The van der Waals surface area contributed by atoms with Crippen molar-refractivity contribution in [1.29, 1.82) is 0 Å². The van der Waals surface area contributed by atoms with Gasteiger partial charge in [-0.15, -0.1) is 6.58 Å². The van der Waals surface area contributed by atoms with Crippen molar-refractivity contribution in [2.24, 2.45) is 0 Å². The van der Waals surface area contributed by atoms with Crippen molar-refractivity contribution in [1.82, 2.24) is 0 Å². The lowest BCUT2D eigenvalue weighted by molar-refractivity contribution is 0.0765. The zero-order valence-electron chi connectivity index (χ0n) is 9.63. The topological polar surface area (TPSA) is 26.3 Å². The molecule has 0 heterocycles. The molecule has 0 saturated carbocycles. The van der Waals surface area contributed by atoms with E-state index in [2.05, 4.69) is 6.58 Å². The molecule has 0 N–H and O–H groups in total. The average molecular weight is 273 g/mol. The third-order valence-electron chi connectivity index (χ3n) is 2.15. The molecule has 0 aliphatic heterocycles. The number of Topliss-reactive ketones (excluding diaryl/α,β-unsaturated/α-hetero) is 1. The quantitative estimate of drug-likeness (QED) is 0.442. The van der Waals surface area contributed by atoms with Crippen LogP contribution in [0.15, 0.2) is 30.4 Å². The first-order valence-corrected chi connectivity index (χ1v) is 5.96. The van der Waals surface area contributed by atoms with Gasteiger partial charge in [0.25, 0.3) is 0 Å². The van der Waals surface area contributed by atoms with E-state index in [1.165, 1.54) is 0 Å². The van der Waals surface area contributed by atoms with Gasteiger partial charge in [0.15, 0.2) is 5.78 Å². The van der Waals surface area contributed by atoms with Gasteiger partial charge in [0.05, 0.1) is 16.7 Å². The Balaban J connectivity index is 2.47. The molecule has 92 valence electrons. The smallest absolute Gasteiger partial charge is 0.188 e. The van der Waals surface area contributed by atoms with Crippen LogP contribution in [0.25, 0.3) is 0 Å². The molecule has 0 saturated heterocycles. The van der Waals surface area contributed by atoms with Crippen LogP contribution in [0, 0.1) is 0 Å². The van der Waals surface area contributed by atoms with Gasteiger partial charge in [-0.2, -0.15) is 0 Å². The van der Waals surface area contributed by atoms with E-state index in [0.717, 1.165) is 12.0 Å². The van der Waals surface area contributed by atoms with Crippen molar-refractivity contribution in [3.05, 3.63) is 46.0 Å². The molecule has 17 heavy (non-hydrogen) atoms. The normalized spacial score (nSPS) is 10.3. The van der Waals surface area contributed by atoms with E-state index in [1.54, 1.807) is 18.2 Å². The van der Waals surface area contributed by atoms with Crippen molar-refractivity contribution in [3.8, 4) is 0 Å². The molecule has 1 aromatic rings. The van der Waals surface area contributed by atoms with E-state index in [9.17, 15) is 4.79 Å². The summed E-state index contributed by atoms with van der Waals surface area (Å²) in [5, 5.41) is 0.811. The molecule has 0 aromatic heterocycles. The first-order valence-electron chi connectivity index (χ1n) is 5.21. The zero-order valence-corrected chi connectivity index (χ0v) is 11.1. The van der Waals surface area contributed by atoms with Crippen LogP contribution < -0.4 is 0 Å². The molecule has 0 aliphatic carbocycles. The summed E-state index contributed by atoms with van der Waals surface area (Å²) in [5.74, 6) is -0.106. The molecular formula is C13H14Cl2O2. The Morgan fingerprint density at radius 1 is 1.35 bits per heavy atom. The highest BCUT2D eigenvalue weighted by molar-refractivity contribution is 6.42. The number of carbonyl (C=O) groups is 1. The maximum absolute atomic E-state index is 11.7. The summed E-state index contributed by atoms with van der Waals surface area (Å²) in [6.07, 6.45) is 0.759. The molecule has 0 atom stereocenters. The molecule has 0 fully saturated rings. The van der Waals surface area contributed by atoms with E-state index < -0.39 is 0 Å². The van der Waals surface area contributed by atoms with E-state index in [0.29, 0.717) is 22.2 Å². The zero-order chi connectivity index (χ0) is 12.8. The Bertz CT molecular complexity index is 427. The van der Waals surface area contributed by atoms with Gasteiger partial charge in [-0.3, -0.25) is 4.79 Å². The Labute approximate surface area is 111 Å². The second-order valence-electron chi connectivity index (χ2n) is 3.81. The molecule has 0 aliphatic rings. The monoisotopic (exact) mass is 272 g/mol. The van der Waals surface area contributed by atoms with Crippen molar-refractivity contribution >= 4 is 29.0 Å². The van der Waals surface area contributed by atoms with Crippen LogP contribution in [0.3, 0.4) is 0 Å². The molecular weight excluding hydrogens is 259 g/mol.